The lowest BCUT2D eigenvalue weighted by Gasteiger charge is -2.12. The van der Waals surface area contributed by atoms with E-state index < -0.39 is 0 Å². The van der Waals surface area contributed by atoms with Gasteiger partial charge in [0.25, 0.3) is 0 Å². The van der Waals surface area contributed by atoms with Gasteiger partial charge in [0, 0.05) is 0 Å². The van der Waals surface area contributed by atoms with Gasteiger partial charge >= 0.3 is 0 Å². The first kappa shape index (κ1) is 10.1. The summed E-state index contributed by atoms with van der Waals surface area (Å²) >= 11 is 0. The normalized spacial score (nSPS) is 10.5. The second-order valence-electron chi connectivity index (χ2n) is 3.29. The van der Waals surface area contributed by atoms with E-state index in [1.165, 1.54) is 18.4 Å². The number of rotatable bonds is 4. The summed E-state index contributed by atoms with van der Waals surface area (Å²) in [5.41, 5.74) is 1.42. The van der Waals surface area contributed by atoms with Crippen molar-refractivity contribution in [3.8, 4) is 5.75 Å². The molecule has 0 N–H and O–H groups in total. The van der Waals surface area contributed by atoms with Crippen molar-refractivity contribution in [2.75, 3.05) is 7.11 Å². The van der Waals surface area contributed by atoms with Crippen LogP contribution in [0.2, 0.25) is 0 Å². The second kappa shape index (κ2) is 4.90. The molecule has 0 radical (unpaired) electrons. The van der Waals surface area contributed by atoms with Crippen molar-refractivity contribution >= 4 is 0 Å². The summed E-state index contributed by atoms with van der Waals surface area (Å²) in [6.45, 7) is 4.47. The molecule has 0 aliphatic heterocycles. The number of ether oxygens (including phenoxy) is 1. The fraction of sp³-hybridized carbons (Fsp3) is 0.500. The molecule has 0 heterocycles. The van der Waals surface area contributed by atoms with E-state index in [1.807, 2.05) is 12.1 Å². The molecule has 1 rings (SSSR count). The lowest BCUT2D eigenvalue weighted by atomic mass is 9.94. The molecular weight excluding hydrogens is 160 g/mol. The van der Waals surface area contributed by atoms with Crippen LogP contribution in [0.15, 0.2) is 24.3 Å². The molecule has 72 valence electrons. The fourth-order valence-electron chi connectivity index (χ4n) is 1.64. The van der Waals surface area contributed by atoms with Gasteiger partial charge in [-0.25, -0.2) is 0 Å². The van der Waals surface area contributed by atoms with Crippen molar-refractivity contribution < 1.29 is 4.74 Å². The maximum atomic E-state index is 5.12. The Kier molecular flexibility index (Phi) is 3.81. The quantitative estimate of drug-likeness (QED) is 0.684. The molecule has 0 bridgehead atoms. The Labute approximate surface area is 80.7 Å². The van der Waals surface area contributed by atoms with Crippen LogP contribution in [-0.2, 0) is 0 Å². The third-order valence-electron chi connectivity index (χ3n) is 2.57. The Hall–Kier alpha value is -0.980. The van der Waals surface area contributed by atoms with E-state index in [0.29, 0.717) is 5.92 Å². The number of methoxy groups -OCH3 is 1. The van der Waals surface area contributed by atoms with Crippen molar-refractivity contribution in [2.24, 2.45) is 0 Å². The van der Waals surface area contributed by atoms with E-state index in [0.717, 1.165) is 5.75 Å². The third-order valence-corrected chi connectivity index (χ3v) is 2.57. The molecule has 0 atom stereocenters. The maximum Gasteiger partial charge on any atom is 0.118 e. The van der Waals surface area contributed by atoms with Crippen LogP contribution in [-0.4, -0.2) is 7.11 Å². The number of hydrogen-bond donors (Lipinski definition) is 0. The minimum atomic E-state index is 0.700. The first-order valence-corrected chi connectivity index (χ1v) is 4.95. The van der Waals surface area contributed by atoms with Gasteiger partial charge in [-0.2, -0.15) is 0 Å². The van der Waals surface area contributed by atoms with Gasteiger partial charge in [0.15, 0.2) is 0 Å². The highest BCUT2D eigenvalue weighted by Crippen LogP contribution is 2.24. The number of benzene rings is 1. The molecule has 0 saturated carbocycles. The summed E-state index contributed by atoms with van der Waals surface area (Å²) < 4.78 is 5.12. The van der Waals surface area contributed by atoms with E-state index >= 15 is 0 Å². The first-order valence-electron chi connectivity index (χ1n) is 4.95. The molecule has 0 amide bonds. The van der Waals surface area contributed by atoms with Crippen LogP contribution in [0.5, 0.6) is 5.75 Å². The smallest absolute Gasteiger partial charge is 0.118 e. The Morgan fingerprint density at radius 3 is 2.00 bits per heavy atom. The van der Waals surface area contributed by atoms with E-state index in [9.17, 15) is 0 Å². The molecule has 0 aromatic heterocycles. The number of hydrogen-bond acceptors (Lipinski definition) is 1. The van der Waals surface area contributed by atoms with Crippen LogP contribution in [0.3, 0.4) is 0 Å². The molecule has 0 fully saturated rings. The molecular formula is C12H18O. The molecule has 1 heteroatoms. The van der Waals surface area contributed by atoms with Crippen LogP contribution in [0.4, 0.5) is 0 Å². The second-order valence-corrected chi connectivity index (χ2v) is 3.29. The van der Waals surface area contributed by atoms with Gasteiger partial charge in [-0.1, -0.05) is 26.0 Å². The van der Waals surface area contributed by atoms with E-state index in [-0.39, 0.29) is 0 Å². The van der Waals surface area contributed by atoms with Gasteiger partial charge in [-0.15, -0.1) is 0 Å². The first-order chi connectivity index (χ1) is 6.31. The molecule has 1 aromatic carbocycles. The van der Waals surface area contributed by atoms with Crippen molar-refractivity contribution in [3.63, 3.8) is 0 Å². The summed E-state index contributed by atoms with van der Waals surface area (Å²) in [4.78, 5) is 0. The fourth-order valence-corrected chi connectivity index (χ4v) is 1.64. The summed E-state index contributed by atoms with van der Waals surface area (Å²) in [5, 5.41) is 0. The zero-order valence-corrected chi connectivity index (χ0v) is 8.71. The van der Waals surface area contributed by atoms with Crippen LogP contribution >= 0.6 is 0 Å². The van der Waals surface area contributed by atoms with Gasteiger partial charge in [-0.3, -0.25) is 0 Å². The van der Waals surface area contributed by atoms with Crippen molar-refractivity contribution in [3.05, 3.63) is 29.8 Å². The maximum absolute atomic E-state index is 5.12. The van der Waals surface area contributed by atoms with Crippen LogP contribution in [0.25, 0.3) is 0 Å². The lowest BCUT2D eigenvalue weighted by Crippen LogP contribution is -1.94. The van der Waals surface area contributed by atoms with Crippen LogP contribution in [0, 0.1) is 0 Å². The average molecular weight is 178 g/mol. The molecule has 1 nitrogen and oxygen atoms in total. The Bertz CT molecular complexity index is 234. The Morgan fingerprint density at radius 2 is 1.62 bits per heavy atom. The molecule has 0 spiro atoms. The van der Waals surface area contributed by atoms with E-state index in [4.69, 9.17) is 4.74 Å². The highest BCUT2D eigenvalue weighted by Gasteiger charge is 2.05. The van der Waals surface area contributed by atoms with Gasteiger partial charge in [0.05, 0.1) is 7.11 Å². The zero-order chi connectivity index (χ0) is 9.68. The lowest BCUT2D eigenvalue weighted by molar-refractivity contribution is 0.414. The summed E-state index contributed by atoms with van der Waals surface area (Å²) in [5.74, 6) is 1.64. The van der Waals surface area contributed by atoms with E-state index in [1.54, 1.807) is 7.11 Å². The van der Waals surface area contributed by atoms with Crippen LogP contribution < -0.4 is 4.74 Å². The summed E-state index contributed by atoms with van der Waals surface area (Å²) in [6, 6.07) is 8.40. The molecule has 13 heavy (non-hydrogen) atoms. The Balaban J connectivity index is 2.78. The molecule has 0 aliphatic carbocycles. The standard InChI is InChI=1S/C12H18O/c1-4-10(5-2)11-6-8-12(13-3)9-7-11/h6-10H,4-5H2,1-3H3. The van der Waals surface area contributed by atoms with Gasteiger partial charge in [-0.05, 0) is 36.5 Å². The average Bonchev–Trinajstić information content (AvgIpc) is 2.21. The van der Waals surface area contributed by atoms with Gasteiger partial charge in [0.2, 0.25) is 0 Å². The minimum absolute atomic E-state index is 0.700. The predicted molar refractivity (Wildman–Crippen MR) is 56.3 cm³/mol. The molecule has 1 aromatic rings. The highest BCUT2D eigenvalue weighted by molar-refractivity contribution is 5.29. The minimum Gasteiger partial charge on any atom is -0.497 e. The monoisotopic (exact) mass is 178 g/mol. The summed E-state index contributed by atoms with van der Waals surface area (Å²) in [6.07, 6.45) is 2.42. The third kappa shape index (κ3) is 2.48. The van der Waals surface area contributed by atoms with E-state index in [2.05, 4.69) is 26.0 Å². The van der Waals surface area contributed by atoms with Gasteiger partial charge in [0.1, 0.15) is 5.75 Å². The largest absolute Gasteiger partial charge is 0.497 e. The van der Waals surface area contributed by atoms with Crippen molar-refractivity contribution in [2.45, 2.75) is 32.6 Å². The summed E-state index contributed by atoms with van der Waals surface area (Å²) in [7, 11) is 1.70. The molecule has 0 aliphatic rings. The molecule has 0 unspecified atom stereocenters. The Morgan fingerprint density at radius 1 is 1.08 bits per heavy atom. The highest BCUT2D eigenvalue weighted by atomic mass is 16.5. The SMILES string of the molecule is CCC(CC)c1ccc(OC)cc1. The topological polar surface area (TPSA) is 9.23 Å². The van der Waals surface area contributed by atoms with Crippen molar-refractivity contribution in [1.29, 1.82) is 0 Å². The zero-order valence-electron chi connectivity index (χ0n) is 8.71. The van der Waals surface area contributed by atoms with Crippen molar-refractivity contribution in [1.82, 2.24) is 0 Å². The van der Waals surface area contributed by atoms with Crippen LogP contribution in [0.1, 0.15) is 38.2 Å². The predicted octanol–water partition coefficient (Wildman–Crippen LogP) is 3.60. The van der Waals surface area contributed by atoms with Gasteiger partial charge < -0.3 is 4.74 Å². The molecule has 0 saturated heterocycles.